The smallest absolute Gasteiger partial charge is 0.330 e. The molecule has 0 spiro atoms. The number of nitrogens with zero attached hydrogens (tertiary/aromatic N) is 1. The third kappa shape index (κ3) is 7.01. The van der Waals surface area contributed by atoms with Gasteiger partial charge in [0.1, 0.15) is 30.2 Å². The molecule has 3 saturated heterocycles. The molecule has 8 atom stereocenters. The highest BCUT2D eigenvalue weighted by Crippen LogP contribution is 2.46. The summed E-state index contributed by atoms with van der Waals surface area (Å²) < 4.78 is 23.0. The second-order valence-electron chi connectivity index (χ2n) is 12.2. The molecule has 3 aliphatic rings. The third-order valence-electron chi connectivity index (χ3n) is 8.93. The summed E-state index contributed by atoms with van der Waals surface area (Å²) in [6.07, 6.45) is 1.53. The average Bonchev–Trinajstić information content (AvgIpc) is 3.30. The molecule has 4 rings (SSSR count). The predicted octanol–water partition coefficient (Wildman–Crippen LogP) is 4.12. The number of aromatic nitrogens is 1. The van der Waals surface area contributed by atoms with Crippen molar-refractivity contribution in [3.05, 3.63) is 34.3 Å². The van der Waals surface area contributed by atoms with E-state index in [-0.39, 0.29) is 37.3 Å². The Morgan fingerprint density at radius 3 is 2.64 bits per heavy atom. The summed E-state index contributed by atoms with van der Waals surface area (Å²) in [7, 11) is 0. The monoisotopic (exact) mass is 603 g/mol. The van der Waals surface area contributed by atoms with E-state index in [1.54, 1.807) is 13.8 Å². The molecule has 1 N–H and O–H groups in total. The fourth-order valence-electron chi connectivity index (χ4n) is 6.15. The van der Waals surface area contributed by atoms with Gasteiger partial charge in [0.15, 0.2) is 0 Å². The lowest BCUT2D eigenvalue weighted by molar-refractivity contribution is -0.155. The second-order valence-corrected chi connectivity index (χ2v) is 13.2. The highest BCUT2D eigenvalue weighted by Gasteiger charge is 2.58. The molecule has 11 heteroatoms. The number of ketones is 1. The minimum atomic E-state index is -1.27. The molecule has 0 aliphatic carbocycles. The Morgan fingerprint density at radius 2 is 1.98 bits per heavy atom. The standard InChI is InChI=1S/C31H41NO9S/c1-7-25(33)38-16-31-10-8-9-17(2)28(36)19(4)29(37)30(6)14-27(35)40-23(30)13-26(34)39-22(12-24(31)41-31)18(3)11-21-15-42-20(5)32-21/h7,11,15,17,19,22-24,28,36H,1,8-10,12-14,16H2,2-6H3/b18-11+/t17-,19+,22-,23-,24+,28-,30+,31+/m0/s1. The summed E-state index contributed by atoms with van der Waals surface area (Å²) in [6, 6.07) is 0. The molecule has 1 aromatic heterocycles. The van der Waals surface area contributed by atoms with E-state index in [1.807, 2.05) is 32.2 Å². The number of carbonyl (C=O) groups excluding carboxylic acids is 4. The number of rotatable bonds is 5. The van der Waals surface area contributed by atoms with Gasteiger partial charge in [0, 0.05) is 23.8 Å². The Bertz CT molecular complexity index is 1260. The molecule has 0 unspecified atom stereocenters. The Morgan fingerprint density at radius 1 is 1.24 bits per heavy atom. The maximum Gasteiger partial charge on any atom is 0.330 e. The van der Waals surface area contributed by atoms with E-state index in [4.69, 9.17) is 18.9 Å². The Labute approximate surface area is 250 Å². The van der Waals surface area contributed by atoms with Crippen molar-refractivity contribution < 1.29 is 43.2 Å². The normalized spacial score (nSPS) is 36.3. The highest BCUT2D eigenvalue weighted by molar-refractivity contribution is 7.09. The number of cyclic esters (lactones) is 1. The quantitative estimate of drug-likeness (QED) is 0.226. The van der Waals surface area contributed by atoms with Crippen LogP contribution in [0.3, 0.4) is 0 Å². The number of hydrogen-bond donors (Lipinski definition) is 1. The van der Waals surface area contributed by atoms with Crippen LogP contribution in [-0.2, 0) is 38.1 Å². The maximum atomic E-state index is 13.7. The van der Waals surface area contributed by atoms with Gasteiger partial charge in [0.2, 0.25) is 0 Å². The second kappa shape index (κ2) is 12.8. The fraction of sp³-hybridized carbons (Fsp3) is 0.645. The number of fused-ring (bicyclic) bond motifs is 2. The van der Waals surface area contributed by atoms with E-state index in [9.17, 15) is 24.3 Å². The van der Waals surface area contributed by atoms with E-state index in [2.05, 4.69) is 11.6 Å². The van der Waals surface area contributed by atoms with Gasteiger partial charge in [0.25, 0.3) is 0 Å². The minimum absolute atomic E-state index is 0.0133. The van der Waals surface area contributed by atoms with E-state index >= 15 is 0 Å². The molecule has 0 saturated carbocycles. The molecule has 1 aromatic rings. The van der Waals surface area contributed by atoms with Crippen LogP contribution in [0.1, 0.15) is 76.9 Å². The molecule has 0 bridgehead atoms. The summed E-state index contributed by atoms with van der Waals surface area (Å²) >= 11 is 1.51. The van der Waals surface area contributed by atoms with Crippen molar-refractivity contribution in [2.45, 2.75) is 103 Å². The van der Waals surface area contributed by atoms with Crippen LogP contribution >= 0.6 is 11.3 Å². The largest absolute Gasteiger partial charge is 0.461 e. The number of esters is 3. The van der Waals surface area contributed by atoms with Gasteiger partial charge in [0.05, 0.1) is 41.2 Å². The Balaban J connectivity index is 1.65. The molecule has 3 fully saturated rings. The molecule has 0 amide bonds. The lowest BCUT2D eigenvalue weighted by Crippen LogP contribution is -2.45. The molecule has 4 heterocycles. The number of aryl methyl sites for hydroxylation is 1. The predicted molar refractivity (Wildman–Crippen MR) is 154 cm³/mol. The highest BCUT2D eigenvalue weighted by atomic mass is 32.1. The lowest BCUT2D eigenvalue weighted by atomic mass is 9.71. The van der Waals surface area contributed by atoms with Gasteiger partial charge in [-0.1, -0.05) is 20.4 Å². The number of Topliss-reactive ketones (excluding diaryl/α,β-unsaturated/α-hetero) is 1. The zero-order chi connectivity index (χ0) is 30.8. The summed E-state index contributed by atoms with van der Waals surface area (Å²) in [6.45, 7) is 12.4. The first-order valence-electron chi connectivity index (χ1n) is 14.5. The number of aliphatic hydroxyl groups is 1. The van der Waals surface area contributed by atoms with Crippen LogP contribution < -0.4 is 0 Å². The van der Waals surface area contributed by atoms with Crippen LogP contribution in [0.5, 0.6) is 0 Å². The number of ether oxygens (including phenoxy) is 4. The van der Waals surface area contributed by atoms with E-state index < -0.39 is 53.2 Å². The number of thiazole rings is 1. The number of carbonyl (C=O) groups is 4. The van der Waals surface area contributed by atoms with Gasteiger partial charge in [-0.15, -0.1) is 11.3 Å². The Kier molecular flexibility index (Phi) is 9.74. The van der Waals surface area contributed by atoms with Gasteiger partial charge >= 0.3 is 17.9 Å². The lowest BCUT2D eigenvalue weighted by Gasteiger charge is -2.33. The summed E-state index contributed by atoms with van der Waals surface area (Å²) in [5.41, 5.74) is -0.556. The zero-order valence-corrected chi connectivity index (χ0v) is 25.7. The molecule has 0 aromatic carbocycles. The van der Waals surface area contributed by atoms with Crippen molar-refractivity contribution in [3.8, 4) is 0 Å². The van der Waals surface area contributed by atoms with Crippen LogP contribution in [0.15, 0.2) is 23.6 Å². The van der Waals surface area contributed by atoms with E-state index in [0.29, 0.717) is 25.7 Å². The Hall–Kier alpha value is -2.89. The molecule has 3 aliphatic heterocycles. The van der Waals surface area contributed by atoms with Gasteiger partial charge in [-0.3, -0.25) is 14.4 Å². The van der Waals surface area contributed by atoms with Gasteiger partial charge < -0.3 is 24.1 Å². The SMILES string of the molecule is C=CC(=O)OC[C@]12CCC[C@H](C)[C@H](O)[C@@H](C)C(=O)[C@]3(C)CC(=O)O[C@H]3CC(=O)O[C@H](/C(C)=C/c3csc(C)n3)C[C@H]1O2. The summed E-state index contributed by atoms with van der Waals surface area (Å²) in [5, 5.41) is 13.9. The van der Waals surface area contributed by atoms with E-state index in [0.717, 1.165) is 22.4 Å². The molecule has 0 radical (unpaired) electrons. The van der Waals surface area contributed by atoms with Crippen LogP contribution in [0, 0.1) is 24.2 Å². The molecule has 230 valence electrons. The average molecular weight is 604 g/mol. The van der Waals surface area contributed by atoms with Gasteiger partial charge in [-0.25, -0.2) is 9.78 Å². The first kappa shape index (κ1) is 32.0. The first-order chi connectivity index (χ1) is 19.8. The van der Waals surface area contributed by atoms with Crippen molar-refractivity contribution >= 4 is 41.1 Å². The van der Waals surface area contributed by atoms with Gasteiger partial charge in [-0.05, 0) is 57.6 Å². The zero-order valence-electron chi connectivity index (χ0n) is 24.9. The van der Waals surface area contributed by atoms with Crippen LogP contribution in [-0.4, -0.2) is 70.4 Å². The van der Waals surface area contributed by atoms with Crippen molar-refractivity contribution in [3.63, 3.8) is 0 Å². The van der Waals surface area contributed by atoms with Crippen molar-refractivity contribution in [1.29, 1.82) is 0 Å². The summed E-state index contributed by atoms with van der Waals surface area (Å²) in [4.78, 5) is 55.8. The molecule has 42 heavy (non-hydrogen) atoms. The maximum absolute atomic E-state index is 13.7. The summed E-state index contributed by atoms with van der Waals surface area (Å²) in [5.74, 6) is -3.08. The molecular formula is C31H41NO9S. The molecule has 10 nitrogen and oxygen atoms in total. The fourth-order valence-corrected chi connectivity index (χ4v) is 6.72. The van der Waals surface area contributed by atoms with Crippen molar-refractivity contribution in [2.24, 2.45) is 17.3 Å². The third-order valence-corrected chi connectivity index (χ3v) is 9.72. The van der Waals surface area contributed by atoms with Crippen LogP contribution in [0.25, 0.3) is 6.08 Å². The van der Waals surface area contributed by atoms with Gasteiger partial charge in [-0.2, -0.15) is 0 Å². The number of aliphatic hydroxyl groups excluding tert-OH is 1. The topological polar surface area (TPSA) is 142 Å². The van der Waals surface area contributed by atoms with Crippen LogP contribution in [0.2, 0.25) is 0 Å². The van der Waals surface area contributed by atoms with E-state index in [1.165, 1.54) is 11.3 Å². The minimum Gasteiger partial charge on any atom is -0.461 e. The van der Waals surface area contributed by atoms with Crippen molar-refractivity contribution in [2.75, 3.05) is 6.61 Å². The molecular weight excluding hydrogens is 562 g/mol. The first-order valence-corrected chi connectivity index (χ1v) is 15.3. The van der Waals surface area contributed by atoms with Crippen molar-refractivity contribution in [1.82, 2.24) is 4.98 Å². The van der Waals surface area contributed by atoms with Crippen LogP contribution in [0.4, 0.5) is 0 Å². The number of epoxide rings is 1. The number of hydrogen-bond acceptors (Lipinski definition) is 11.